The molecule has 0 aromatic carbocycles. The first kappa shape index (κ1) is 26.1. The van der Waals surface area contributed by atoms with E-state index in [4.69, 9.17) is 4.55 Å². The zero-order chi connectivity index (χ0) is 18.7. The molecular formula is C11H19KN2O8S2. The zero-order valence-electron chi connectivity index (χ0n) is 12.4. The molecule has 0 saturated carbocycles. The average Bonchev–Trinajstić information content (AvgIpc) is 2.34. The molecule has 0 bridgehead atoms. The fourth-order valence-corrected chi connectivity index (χ4v) is 3.86. The van der Waals surface area contributed by atoms with Crippen LogP contribution in [0.4, 0.5) is 0 Å². The Bertz CT molecular complexity index is 733. The fraction of sp³-hybridized carbons (Fsp3) is 0.455. The van der Waals surface area contributed by atoms with E-state index in [0.717, 1.165) is 13.8 Å². The van der Waals surface area contributed by atoms with Gasteiger partial charge in [-0.1, -0.05) is 13.2 Å². The molecule has 0 aromatic rings. The number of carbonyl (C=O) groups is 2. The minimum atomic E-state index is -5.16. The van der Waals surface area contributed by atoms with E-state index in [0.29, 0.717) is 12.2 Å². The van der Waals surface area contributed by atoms with Crippen molar-refractivity contribution in [3.05, 3.63) is 25.3 Å². The van der Waals surface area contributed by atoms with Crippen LogP contribution in [0.15, 0.2) is 25.3 Å². The molecular weight excluding hydrogens is 391 g/mol. The van der Waals surface area contributed by atoms with Crippen LogP contribution in [0.3, 0.4) is 0 Å². The summed E-state index contributed by atoms with van der Waals surface area (Å²) >= 11 is 0. The number of hydrogen-bond donors (Lipinski definition) is 4. The normalized spacial score (nSPS) is 16.5. The predicted octanol–water partition coefficient (Wildman–Crippen LogP) is -1.81. The van der Waals surface area contributed by atoms with Gasteiger partial charge in [0, 0.05) is 0 Å². The van der Waals surface area contributed by atoms with Gasteiger partial charge >= 0.3 is 51.4 Å². The van der Waals surface area contributed by atoms with Crippen LogP contribution in [0.1, 0.15) is 13.8 Å². The summed E-state index contributed by atoms with van der Waals surface area (Å²) in [5.41, 5.74) is -2.35. The van der Waals surface area contributed by atoms with Crippen LogP contribution in [-0.4, -0.2) is 105 Å². The van der Waals surface area contributed by atoms with E-state index in [1.807, 2.05) is 10.6 Å². The molecule has 0 aliphatic rings. The van der Waals surface area contributed by atoms with Crippen LogP contribution in [0.5, 0.6) is 0 Å². The van der Waals surface area contributed by atoms with Crippen molar-refractivity contribution in [2.24, 2.45) is 0 Å². The van der Waals surface area contributed by atoms with Gasteiger partial charge in [-0.05, 0) is 26.0 Å². The summed E-state index contributed by atoms with van der Waals surface area (Å²) in [6, 6.07) is 0. The summed E-state index contributed by atoms with van der Waals surface area (Å²) in [6.07, 6.45) is 1.38. The quantitative estimate of drug-likeness (QED) is 0.206. The van der Waals surface area contributed by atoms with Crippen molar-refractivity contribution in [1.29, 1.82) is 0 Å². The summed E-state index contributed by atoms with van der Waals surface area (Å²) in [4.78, 5) is 20.3. The molecule has 0 heterocycles. The maximum atomic E-state index is 11.8. The van der Waals surface area contributed by atoms with Crippen molar-refractivity contribution < 1.29 is 35.5 Å². The third kappa shape index (κ3) is 6.65. The molecule has 0 spiro atoms. The van der Waals surface area contributed by atoms with E-state index >= 15 is 0 Å². The predicted molar refractivity (Wildman–Crippen MR) is 88.6 cm³/mol. The molecule has 0 aromatic heterocycles. The first-order chi connectivity index (χ1) is 10.1. The van der Waals surface area contributed by atoms with E-state index in [9.17, 15) is 31.0 Å². The van der Waals surface area contributed by atoms with Crippen molar-refractivity contribution in [3.63, 3.8) is 0 Å². The fourth-order valence-electron chi connectivity index (χ4n) is 1.75. The Labute approximate surface area is 183 Å². The van der Waals surface area contributed by atoms with Gasteiger partial charge in [-0.2, -0.15) is 16.8 Å². The van der Waals surface area contributed by atoms with Crippen LogP contribution < -0.4 is 10.6 Å². The van der Waals surface area contributed by atoms with E-state index in [1.165, 1.54) is 0 Å². The van der Waals surface area contributed by atoms with Gasteiger partial charge in [0.25, 0.3) is 20.2 Å². The molecule has 0 fully saturated rings. The van der Waals surface area contributed by atoms with Crippen molar-refractivity contribution in [3.8, 4) is 0 Å². The van der Waals surface area contributed by atoms with E-state index in [1.54, 1.807) is 0 Å². The Morgan fingerprint density at radius 2 is 1.38 bits per heavy atom. The van der Waals surface area contributed by atoms with Gasteiger partial charge in [0.2, 0.25) is 11.8 Å². The number of carbonyl (C=O) groups excluding carboxylic acids is 2. The monoisotopic (exact) mass is 410 g/mol. The van der Waals surface area contributed by atoms with Gasteiger partial charge < -0.3 is 10.6 Å². The zero-order valence-corrected chi connectivity index (χ0v) is 14.1. The second kappa shape index (κ2) is 9.00. The first-order valence-corrected chi connectivity index (χ1v) is 8.98. The molecule has 2 unspecified atom stereocenters. The van der Waals surface area contributed by atoms with Crippen molar-refractivity contribution >= 4 is 83.4 Å². The Balaban J connectivity index is 0. The van der Waals surface area contributed by atoms with E-state index in [-0.39, 0.29) is 51.4 Å². The Hall–Kier alpha value is -0.124. The first-order valence-electron chi connectivity index (χ1n) is 5.93. The number of rotatable bonds is 8. The van der Waals surface area contributed by atoms with Gasteiger partial charge in [-0.3, -0.25) is 18.7 Å². The van der Waals surface area contributed by atoms with Gasteiger partial charge in [0.1, 0.15) is 5.75 Å². The molecule has 0 radical (unpaired) electrons. The number of amides is 2. The summed E-state index contributed by atoms with van der Waals surface area (Å²) in [6.45, 7) is 7.89. The van der Waals surface area contributed by atoms with Crippen molar-refractivity contribution in [2.75, 3.05) is 5.75 Å². The Morgan fingerprint density at radius 1 is 1.00 bits per heavy atom. The summed E-state index contributed by atoms with van der Waals surface area (Å²) in [5.74, 6) is -3.40. The van der Waals surface area contributed by atoms with Crippen LogP contribution in [-0.2, 0) is 29.8 Å². The minimum absolute atomic E-state index is 0. The van der Waals surface area contributed by atoms with Gasteiger partial charge in [0.05, 0.1) is 5.54 Å². The summed E-state index contributed by atoms with van der Waals surface area (Å²) < 4.78 is 64.5. The molecule has 0 saturated heterocycles. The van der Waals surface area contributed by atoms with Gasteiger partial charge in [-0.25, -0.2) is 0 Å². The number of hydrogen-bond acceptors (Lipinski definition) is 6. The molecule has 134 valence electrons. The molecule has 0 aliphatic carbocycles. The van der Waals surface area contributed by atoms with Crippen molar-refractivity contribution in [2.45, 2.75) is 24.3 Å². The van der Waals surface area contributed by atoms with Crippen LogP contribution >= 0.6 is 0 Å². The van der Waals surface area contributed by atoms with Crippen LogP contribution in [0.25, 0.3) is 0 Å². The van der Waals surface area contributed by atoms with E-state index < -0.39 is 48.2 Å². The molecule has 2 atom stereocenters. The summed E-state index contributed by atoms with van der Waals surface area (Å²) in [5, 5.41) is 3.85. The molecule has 10 nitrogen and oxygen atoms in total. The molecule has 2 amide bonds. The molecule has 4 N–H and O–H groups in total. The summed E-state index contributed by atoms with van der Waals surface area (Å²) in [7, 11) is -9.98. The van der Waals surface area contributed by atoms with Gasteiger partial charge in [-0.15, -0.1) is 0 Å². The van der Waals surface area contributed by atoms with Crippen LogP contribution in [0, 0.1) is 0 Å². The topological polar surface area (TPSA) is 167 Å². The standard InChI is InChI=1S/C11H18N2O8S2.K.H/c1-5-8(14)12-10(3,7-22(16,17)18)11(4,23(19,20)21)13-9(15)6-2;;/h5-6H,1-2,7H2,3-4H3,(H,12,14)(H,13,15)(H,16,17,18)(H,19,20,21);;. The third-order valence-electron chi connectivity index (χ3n) is 3.17. The molecule has 0 rings (SSSR count). The van der Waals surface area contributed by atoms with Crippen LogP contribution in [0.2, 0.25) is 0 Å². The van der Waals surface area contributed by atoms with Gasteiger partial charge in [0.15, 0.2) is 4.87 Å². The third-order valence-corrected chi connectivity index (χ3v) is 5.70. The average molecular weight is 411 g/mol. The number of nitrogens with one attached hydrogen (secondary N) is 2. The Kier molecular flexibility index (Phi) is 9.79. The molecule has 13 heteroatoms. The van der Waals surface area contributed by atoms with Crippen molar-refractivity contribution in [1.82, 2.24) is 10.6 Å². The second-order valence-electron chi connectivity index (χ2n) is 4.95. The maximum absolute atomic E-state index is 11.8. The molecule has 24 heavy (non-hydrogen) atoms. The SMILES string of the molecule is C=CC(=O)NC(C)(CS(=O)(=O)O)C(C)(NC(=O)C=C)S(=O)(=O)O.[KH]. The molecule has 0 aliphatic heterocycles. The second-order valence-corrected chi connectivity index (χ2v) is 8.17. The Morgan fingerprint density at radius 3 is 1.67 bits per heavy atom. The van der Waals surface area contributed by atoms with E-state index in [2.05, 4.69) is 13.2 Å².